The van der Waals surface area contributed by atoms with Crippen LogP contribution in [0, 0.1) is 11.2 Å². The molecule has 0 saturated carbocycles. The molecule has 0 saturated heterocycles. The van der Waals surface area contributed by atoms with Crippen LogP contribution in [0.2, 0.25) is 0 Å². The molecule has 1 aromatic rings. The first-order valence-electron chi connectivity index (χ1n) is 6.26. The summed E-state index contributed by atoms with van der Waals surface area (Å²) in [5.41, 5.74) is 3.86. The van der Waals surface area contributed by atoms with E-state index in [4.69, 9.17) is 5.11 Å². The van der Waals surface area contributed by atoms with Gasteiger partial charge in [0.2, 0.25) is 5.91 Å². The number of rotatable bonds is 5. The maximum absolute atomic E-state index is 12.7. The first-order valence-corrected chi connectivity index (χ1v) is 6.26. The van der Waals surface area contributed by atoms with Gasteiger partial charge in [-0.15, -0.1) is 0 Å². The Labute approximate surface area is 121 Å². The standard InChI is InChI=1S/C14H17FN2O4/c1-14(2,8-12(19)20)7-11(18)16-17-13(21)9-3-5-10(15)6-4-9/h3-6H,7-8H2,1-2H3,(H,16,18)(H,17,21)(H,19,20). The average Bonchev–Trinajstić information content (AvgIpc) is 2.34. The summed E-state index contributed by atoms with van der Waals surface area (Å²) in [5.74, 6) is -2.55. The third kappa shape index (κ3) is 6.03. The van der Waals surface area contributed by atoms with E-state index in [-0.39, 0.29) is 18.4 Å². The average molecular weight is 296 g/mol. The van der Waals surface area contributed by atoms with Crippen LogP contribution in [0.5, 0.6) is 0 Å². The Bertz CT molecular complexity index is 540. The van der Waals surface area contributed by atoms with Gasteiger partial charge in [0, 0.05) is 12.0 Å². The third-order valence-corrected chi connectivity index (χ3v) is 2.69. The molecule has 0 aliphatic carbocycles. The molecule has 0 aliphatic rings. The van der Waals surface area contributed by atoms with E-state index in [1.807, 2.05) is 0 Å². The Morgan fingerprint density at radius 2 is 1.67 bits per heavy atom. The molecule has 114 valence electrons. The van der Waals surface area contributed by atoms with Gasteiger partial charge in [0.05, 0.1) is 6.42 Å². The van der Waals surface area contributed by atoms with Crippen LogP contribution in [0.1, 0.15) is 37.0 Å². The van der Waals surface area contributed by atoms with E-state index in [9.17, 15) is 18.8 Å². The Morgan fingerprint density at radius 3 is 2.19 bits per heavy atom. The molecule has 0 aromatic heterocycles. The van der Waals surface area contributed by atoms with E-state index in [0.29, 0.717) is 0 Å². The van der Waals surface area contributed by atoms with Gasteiger partial charge < -0.3 is 5.11 Å². The highest BCUT2D eigenvalue weighted by atomic mass is 19.1. The largest absolute Gasteiger partial charge is 0.481 e. The van der Waals surface area contributed by atoms with Gasteiger partial charge in [-0.3, -0.25) is 25.2 Å². The summed E-state index contributed by atoms with van der Waals surface area (Å²) in [6.45, 7) is 3.28. The first-order chi connectivity index (χ1) is 9.69. The Morgan fingerprint density at radius 1 is 1.10 bits per heavy atom. The van der Waals surface area contributed by atoms with Crippen molar-refractivity contribution in [2.45, 2.75) is 26.7 Å². The number of amides is 2. The maximum Gasteiger partial charge on any atom is 0.303 e. The molecule has 0 spiro atoms. The Kier molecular flexibility index (Phi) is 5.40. The maximum atomic E-state index is 12.7. The molecule has 7 heteroatoms. The van der Waals surface area contributed by atoms with Crippen LogP contribution < -0.4 is 10.9 Å². The molecular formula is C14H17FN2O4. The van der Waals surface area contributed by atoms with Gasteiger partial charge in [0.1, 0.15) is 5.82 Å². The zero-order valence-electron chi connectivity index (χ0n) is 11.8. The highest BCUT2D eigenvalue weighted by Crippen LogP contribution is 2.24. The van der Waals surface area contributed by atoms with Crippen LogP contribution >= 0.6 is 0 Å². The lowest BCUT2D eigenvalue weighted by Gasteiger charge is -2.21. The molecule has 2 amide bonds. The minimum absolute atomic E-state index is 0.0526. The summed E-state index contributed by atoms with van der Waals surface area (Å²) in [4.78, 5) is 34.0. The van der Waals surface area contributed by atoms with Crippen LogP contribution in [0.4, 0.5) is 4.39 Å². The summed E-state index contributed by atoms with van der Waals surface area (Å²) in [6, 6.07) is 4.83. The van der Waals surface area contributed by atoms with Crippen molar-refractivity contribution in [2.75, 3.05) is 0 Å². The lowest BCUT2D eigenvalue weighted by atomic mass is 9.85. The molecule has 0 fully saturated rings. The second-order valence-corrected chi connectivity index (χ2v) is 5.42. The number of hydrogen-bond acceptors (Lipinski definition) is 3. The van der Waals surface area contributed by atoms with E-state index in [0.717, 1.165) is 12.1 Å². The van der Waals surface area contributed by atoms with Crippen LogP contribution in [0.15, 0.2) is 24.3 Å². The van der Waals surface area contributed by atoms with Crippen LogP contribution in [0.3, 0.4) is 0 Å². The monoisotopic (exact) mass is 296 g/mol. The molecule has 21 heavy (non-hydrogen) atoms. The fraction of sp³-hybridized carbons (Fsp3) is 0.357. The number of carboxylic acids is 1. The summed E-state index contributed by atoms with van der Waals surface area (Å²) in [5, 5.41) is 8.72. The number of nitrogens with one attached hydrogen (secondary N) is 2. The van der Waals surface area contributed by atoms with Gasteiger partial charge in [-0.05, 0) is 29.7 Å². The van der Waals surface area contributed by atoms with Crippen molar-refractivity contribution in [1.29, 1.82) is 0 Å². The molecule has 0 atom stereocenters. The smallest absolute Gasteiger partial charge is 0.303 e. The number of benzene rings is 1. The topological polar surface area (TPSA) is 95.5 Å². The molecular weight excluding hydrogens is 279 g/mol. The lowest BCUT2D eigenvalue weighted by Crippen LogP contribution is -2.43. The van der Waals surface area contributed by atoms with Gasteiger partial charge in [-0.25, -0.2) is 4.39 Å². The van der Waals surface area contributed by atoms with E-state index >= 15 is 0 Å². The molecule has 0 heterocycles. The zero-order valence-corrected chi connectivity index (χ0v) is 11.8. The van der Waals surface area contributed by atoms with Crippen molar-refractivity contribution < 1.29 is 23.9 Å². The van der Waals surface area contributed by atoms with Crippen molar-refractivity contribution in [3.8, 4) is 0 Å². The summed E-state index contributed by atoms with van der Waals surface area (Å²) >= 11 is 0. The first kappa shape index (κ1) is 16.6. The minimum Gasteiger partial charge on any atom is -0.481 e. The predicted octanol–water partition coefficient (Wildman–Crippen LogP) is 1.48. The van der Waals surface area contributed by atoms with Gasteiger partial charge in [0.25, 0.3) is 5.91 Å². The fourth-order valence-corrected chi connectivity index (χ4v) is 1.75. The molecule has 0 radical (unpaired) electrons. The number of carbonyl (C=O) groups is 3. The number of aliphatic carboxylic acids is 1. The van der Waals surface area contributed by atoms with Crippen molar-refractivity contribution in [3.05, 3.63) is 35.6 Å². The van der Waals surface area contributed by atoms with Crippen LogP contribution in [-0.4, -0.2) is 22.9 Å². The van der Waals surface area contributed by atoms with E-state index < -0.39 is 29.0 Å². The van der Waals surface area contributed by atoms with Gasteiger partial charge >= 0.3 is 5.97 Å². The summed E-state index contributed by atoms with van der Waals surface area (Å²) in [7, 11) is 0. The molecule has 0 bridgehead atoms. The van der Waals surface area contributed by atoms with E-state index in [1.165, 1.54) is 12.1 Å². The number of hydrogen-bond donors (Lipinski definition) is 3. The lowest BCUT2D eigenvalue weighted by molar-refractivity contribution is -0.139. The molecule has 0 unspecified atom stereocenters. The van der Waals surface area contributed by atoms with Crippen molar-refractivity contribution >= 4 is 17.8 Å². The summed E-state index contributed by atoms with van der Waals surface area (Å²) in [6.07, 6.45) is -0.213. The number of hydrazine groups is 1. The van der Waals surface area contributed by atoms with Crippen LogP contribution in [0.25, 0.3) is 0 Å². The third-order valence-electron chi connectivity index (χ3n) is 2.69. The normalized spacial score (nSPS) is 10.8. The molecule has 6 nitrogen and oxygen atoms in total. The van der Waals surface area contributed by atoms with Crippen molar-refractivity contribution in [3.63, 3.8) is 0 Å². The SMILES string of the molecule is CC(C)(CC(=O)O)CC(=O)NNC(=O)c1ccc(F)cc1. The van der Waals surface area contributed by atoms with E-state index in [1.54, 1.807) is 13.8 Å². The predicted molar refractivity (Wildman–Crippen MR) is 72.7 cm³/mol. The molecule has 3 N–H and O–H groups in total. The van der Waals surface area contributed by atoms with E-state index in [2.05, 4.69) is 10.9 Å². The zero-order chi connectivity index (χ0) is 16.0. The highest BCUT2D eigenvalue weighted by molar-refractivity contribution is 5.95. The Balaban J connectivity index is 2.47. The Hall–Kier alpha value is -2.44. The summed E-state index contributed by atoms with van der Waals surface area (Å²) < 4.78 is 12.7. The number of carbonyl (C=O) groups excluding carboxylic acids is 2. The fourth-order valence-electron chi connectivity index (χ4n) is 1.75. The number of carboxylic acid groups (broad SMARTS) is 1. The second-order valence-electron chi connectivity index (χ2n) is 5.42. The molecule has 0 aliphatic heterocycles. The quantitative estimate of drug-likeness (QED) is 0.717. The van der Waals surface area contributed by atoms with Crippen molar-refractivity contribution in [2.24, 2.45) is 5.41 Å². The van der Waals surface area contributed by atoms with Gasteiger partial charge in [-0.2, -0.15) is 0 Å². The highest BCUT2D eigenvalue weighted by Gasteiger charge is 2.25. The number of halogens is 1. The van der Waals surface area contributed by atoms with Crippen LogP contribution in [-0.2, 0) is 9.59 Å². The van der Waals surface area contributed by atoms with Crippen molar-refractivity contribution in [1.82, 2.24) is 10.9 Å². The van der Waals surface area contributed by atoms with Gasteiger partial charge in [0.15, 0.2) is 0 Å². The molecule has 1 rings (SSSR count). The van der Waals surface area contributed by atoms with Gasteiger partial charge in [-0.1, -0.05) is 13.8 Å². The second kappa shape index (κ2) is 6.83. The minimum atomic E-state index is -0.997. The molecule has 1 aromatic carbocycles.